The minimum Gasteiger partial charge on any atom is -0.506 e. The van der Waals surface area contributed by atoms with E-state index in [9.17, 15) is 24.2 Å². The van der Waals surface area contributed by atoms with Gasteiger partial charge in [-0.2, -0.15) is 0 Å². The Morgan fingerprint density at radius 3 is 2.30 bits per heavy atom. The Bertz CT molecular complexity index is 1400. The first-order valence-corrected chi connectivity index (χ1v) is 11.5. The third kappa shape index (κ3) is 4.53. The number of hydrogen-bond acceptors (Lipinski definition) is 7. The number of nitrogens with zero attached hydrogens (tertiary/aromatic N) is 1. The van der Waals surface area contributed by atoms with Crippen molar-refractivity contribution in [1.29, 1.82) is 0 Å². The Morgan fingerprint density at radius 2 is 1.70 bits per heavy atom. The molecule has 1 fully saturated rings. The summed E-state index contributed by atoms with van der Waals surface area (Å²) < 4.78 is 30.2. The fourth-order valence-corrected chi connectivity index (χ4v) is 4.42. The number of carbonyl (C=O) groups excluding carboxylic acids is 2. The number of rotatable bonds is 7. The van der Waals surface area contributed by atoms with E-state index in [0.717, 1.165) is 11.0 Å². The van der Waals surface area contributed by atoms with Crippen molar-refractivity contribution in [2.24, 2.45) is 0 Å². The van der Waals surface area contributed by atoms with Crippen LogP contribution in [0.25, 0.3) is 5.76 Å². The highest BCUT2D eigenvalue weighted by molar-refractivity contribution is 6.52. The Kier molecular flexibility index (Phi) is 7.26. The highest BCUT2D eigenvalue weighted by Crippen LogP contribution is 2.46. The molecule has 0 aliphatic carbocycles. The number of amides is 1. The highest BCUT2D eigenvalue weighted by Gasteiger charge is 2.48. The van der Waals surface area contributed by atoms with E-state index in [4.69, 9.17) is 25.8 Å². The van der Waals surface area contributed by atoms with Gasteiger partial charge in [0.05, 0.1) is 37.5 Å². The second kappa shape index (κ2) is 10.4. The summed E-state index contributed by atoms with van der Waals surface area (Å²) in [6.07, 6.45) is 0. The average molecular weight is 528 g/mol. The standard InChI is InChI=1S/C27H23ClFNO7/c1-4-37-21-12-14(8-11-18(21)31)24-23(25(32)22-19(35-2)6-5-7-20(22)36-3)26(33)27(34)30(24)15-9-10-17(29)16(28)13-15/h5-13,24,31-32H,4H2,1-3H3/b25-23+. The topological polar surface area (TPSA) is 106 Å². The lowest BCUT2D eigenvalue weighted by atomic mass is 9.94. The van der Waals surface area contributed by atoms with Crippen molar-refractivity contribution < 1.29 is 38.4 Å². The molecule has 1 unspecified atom stereocenters. The number of phenols is 1. The van der Waals surface area contributed by atoms with Gasteiger partial charge in [-0.3, -0.25) is 14.5 Å². The number of ether oxygens (including phenoxy) is 3. The van der Waals surface area contributed by atoms with E-state index in [1.807, 2.05) is 0 Å². The van der Waals surface area contributed by atoms with Gasteiger partial charge >= 0.3 is 0 Å². The molecule has 1 amide bonds. The van der Waals surface area contributed by atoms with Crippen LogP contribution in [-0.2, 0) is 9.59 Å². The number of aliphatic hydroxyl groups is 1. The van der Waals surface area contributed by atoms with Crippen LogP contribution in [0.2, 0.25) is 5.02 Å². The van der Waals surface area contributed by atoms with Crippen molar-refractivity contribution in [3.05, 3.63) is 82.1 Å². The zero-order valence-electron chi connectivity index (χ0n) is 20.1. The minimum atomic E-state index is -1.20. The zero-order valence-corrected chi connectivity index (χ0v) is 20.9. The van der Waals surface area contributed by atoms with E-state index in [0.29, 0.717) is 5.56 Å². The zero-order chi connectivity index (χ0) is 26.9. The molecule has 4 rings (SSSR count). The normalized spacial score (nSPS) is 16.7. The van der Waals surface area contributed by atoms with Crippen LogP contribution in [0.15, 0.2) is 60.2 Å². The maximum Gasteiger partial charge on any atom is 0.300 e. The lowest BCUT2D eigenvalue weighted by Crippen LogP contribution is -2.29. The van der Waals surface area contributed by atoms with Crippen molar-refractivity contribution in [1.82, 2.24) is 0 Å². The van der Waals surface area contributed by atoms with Crippen LogP contribution < -0.4 is 19.1 Å². The first-order chi connectivity index (χ1) is 17.7. The van der Waals surface area contributed by atoms with Gasteiger partial charge < -0.3 is 24.4 Å². The number of methoxy groups -OCH3 is 2. The van der Waals surface area contributed by atoms with Gasteiger partial charge in [0, 0.05) is 5.69 Å². The molecule has 1 aliphatic rings. The molecule has 0 radical (unpaired) electrons. The molecular formula is C27H23ClFNO7. The van der Waals surface area contributed by atoms with Crippen LogP contribution in [-0.4, -0.2) is 42.7 Å². The molecule has 2 N–H and O–H groups in total. The first kappa shape index (κ1) is 25.8. The van der Waals surface area contributed by atoms with Crippen LogP contribution in [0.4, 0.5) is 10.1 Å². The number of aliphatic hydroxyl groups excluding tert-OH is 1. The molecule has 10 heteroatoms. The molecule has 1 saturated heterocycles. The molecule has 1 atom stereocenters. The van der Waals surface area contributed by atoms with Crippen LogP contribution in [0.3, 0.4) is 0 Å². The smallest absolute Gasteiger partial charge is 0.300 e. The maximum absolute atomic E-state index is 13.9. The summed E-state index contributed by atoms with van der Waals surface area (Å²) in [6.45, 7) is 1.97. The molecule has 0 aromatic heterocycles. The minimum absolute atomic E-state index is 0.0662. The second-order valence-electron chi connectivity index (χ2n) is 7.97. The van der Waals surface area contributed by atoms with Crippen molar-refractivity contribution in [3.8, 4) is 23.0 Å². The molecule has 0 bridgehead atoms. The predicted octanol–water partition coefficient (Wildman–Crippen LogP) is 5.23. The number of phenolic OH excluding ortho intramolecular Hbond substituents is 1. The average Bonchev–Trinajstić information content (AvgIpc) is 3.16. The Balaban J connectivity index is 2.04. The molecule has 192 valence electrons. The van der Waals surface area contributed by atoms with Gasteiger partial charge in [0.15, 0.2) is 11.5 Å². The van der Waals surface area contributed by atoms with E-state index in [1.54, 1.807) is 25.1 Å². The number of ketones is 1. The van der Waals surface area contributed by atoms with E-state index < -0.39 is 29.3 Å². The summed E-state index contributed by atoms with van der Waals surface area (Å²) in [6, 6.07) is 11.4. The summed E-state index contributed by atoms with van der Waals surface area (Å²) in [4.78, 5) is 27.9. The summed E-state index contributed by atoms with van der Waals surface area (Å²) in [5.41, 5.74) is 0.240. The fraction of sp³-hybridized carbons (Fsp3) is 0.185. The van der Waals surface area contributed by atoms with E-state index >= 15 is 0 Å². The Labute approximate surface area is 217 Å². The molecule has 37 heavy (non-hydrogen) atoms. The van der Waals surface area contributed by atoms with Gasteiger partial charge in [0.25, 0.3) is 11.7 Å². The van der Waals surface area contributed by atoms with Crippen molar-refractivity contribution in [3.63, 3.8) is 0 Å². The van der Waals surface area contributed by atoms with Crippen LogP contribution in [0.1, 0.15) is 24.1 Å². The number of benzene rings is 3. The summed E-state index contributed by atoms with van der Waals surface area (Å²) in [5, 5.41) is 21.5. The van der Waals surface area contributed by atoms with Gasteiger partial charge in [-0.05, 0) is 55.0 Å². The number of halogens is 2. The fourth-order valence-electron chi connectivity index (χ4n) is 4.24. The first-order valence-electron chi connectivity index (χ1n) is 11.2. The lowest BCUT2D eigenvalue weighted by molar-refractivity contribution is -0.132. The van der Waals surface area contributed by atoms with Gasteiger partial charge in [-0.1, -0.05) is 23.7 Å². The molecule has 1 heterocycles. The van der Waals surface area contributed by atoms with Crippen molar-refractivity contribution >= 4 is 34.7 Å². The predicted molar refractivity (Wildman–Crippen MR) is 135 cm³/mol. The van der Waals surface area contributed by atoms with Gasteiger partial charge in [0.2, 0.25) is 0 Å². The quantitative estimate of drug-likeness (QED) is 0.246. The van der Waals surface area contributed by atoms with Gasteiger partial charge in [-0.25, -0.2) is 4.39 Å². The summed E-state index contributed by atoms with van der Waals surface area (Å²) in [5.74, 6) is -2.87. The number of anilines is 1. The SMILES string of the molecule is CCOc1cc(C2/C(=C(\O)c3c(OC)cccc3OC)C(=O)C(=O)N2c2ccc(F)c(Cl)c2)ccc1O. The monoisotopic (exact) mass is 527 g/mol. The summed E-state index contributed by atoms with van der Waals surface area (Å²) in [7, 11) is 2.77. The van der Waals surface area contributed by atoms with E-state index in [-0.39, 0.29) is 51.5 Å². The van der Waals surface area contributed by atoms with Crippen LogP contribution in [0.5, 0.6) is 23.0 Å². The van der Waals surface area contributed by atoms with Crippen LogP contribution >= 0.6 is 11.6 Å². The van der Waals surface area contributed by atoms with Gasteiger partial charge in [-0.15, -0.1) is 0 Å². The molecule has 0 spiro atoms. The number of carbonyl (C=O) groups is 2. The molecule has 3 aromatic carbocycles. The molecule has 0 saturated carbocycles. The molecular weight excluding hydrogens is 505 g/mol. The number of Topliss-reactive ketones (excluding diaryl/α,β-unsaturated/α-hetero) is 1. The third-order valence-corrected chi connectivity index (χ3v) is 6.18. The van der Waals surface area contributed by atoms with Crippen molar-refractivity contribution in [2.75, 3.05) is 25.7 Å². The largest absolute Gasteiger partial charge is 0.506 e. The number of aromatic hydroxyl groups is 1. The van der Waals surface area contributed by atoms with Gasteiger partial charge in [0.1, 0.15) is 28.6 Å². The van der Waals surface area contributed by atoms with E-state index in [2.05, 4.69) is 0 Å². The third-order valence-electron chi connectivity index (χ3n) is 5.89. The molecule has 1 aliphatic heterocycles. The summed E-state index contributed by atoms with van der Waals surface area (Å²) >= 11 is 5.99. The highest BCUT2D eigenvalue weighted by atomic mass is 35.5. The lowest BCUT2D eigenvalue weighted by Gasteiger charge is -2.26. The number of hydrogen-bond donors (Lipinski definition) is 2. The Hall–Kier alpha value is -4.24. The molecule has 8 nitrogen and oxygen atoms in total. The second-order valence-corrected chi connectivity index (χ2v) is 8.37. The van der Waals surface area contributed by atoms with Crippen molar-refractivity contribution in [2.45, 2.75) is 13.0 Å². The van der Waals surface area contributed by atoms with Crippen LogP contribution in [0, 0.1) is 5.82 Å². The van der Waals surface area contributed by atoms with E-state index in [1.165, 1.54) is 44.6 Å². The Morgan fingerprint density at radius 1 is 1.03 bits per heavy atom. The molecule has 3 aromatic rings. The maximum atomic E-state index is 13.9.